The van der Waals surface area contributed by atoms with Gasteiger partial charge in [-0.05, 0) is 35.9 Å². The number of ketones is 1. The van der Waals surface area contributed by atoms with Crippen molar-refractivity contribution in [1.82, 2.24) is 0 Å². The smallest absolute Gasteiger partial charge is 0.187 e. The van der Waals surface area contributed by atoms with Crippen molar-refractivity contribution in [3.63, 3.8) is 0 Å². The number of carbonyl (C=O) groups is 1. The van der Waals surface area contributed by atoms with E-state index >= 15 is 0 Å². The fraction of sp³-hybridized carbons (Fsp3) is 0. The van der Waals surface area contributed by atoms with Crippen LogP contribution in [0.3, 0.4) is 0 Å². The highest BCUT2D eigenvalue weighted by Crippen LogP contribution is 2.13. The van der Waals surface area contributed by atoms with E-state index in [-0.39, 0.29) is 11.6 Å². The third-order valence-corrected chi connectivity index (χ3v) is 2.52. The van der Waals surface area contributed by atoms with E-state index in [1.165, 1.54) is 18.2 Å². The third kappa shape index (κ3) is 2.83. The van der Waals surface area contributed by atoms with Crippen LogP contribution in [0.25, 0.3) is 6.08 Å². The molecule has 0 atom stereocenters. The zero-order chi connectivity index (χ0) is 13.0. The van der Waals surface area contributed by atoms with Crippen LogP contribution in [0.5, 0.6) is 0 Å². The number of benzene rings is 2. The van der Waals surface area contributed by atoms with Crippen LogP contribution >= 0.6 is 0 Å². The summed E-state index contributed by atoms with van der Waals surface area (Å²) in [7, 11) is 0. The number of anilines is 1. The number of nitrogens with two attached hydrogens (primary N) is 1. The summed E-state index contributed by atoms with van der Waals surface area (Å²) in [5.74, 6) is -0.469. The number of para-hydroxylation sites is 1. The normalized spacial score (nSPS) is 10.7. The number of allylic oxidation sites excluding steroid dienone is 1. The van der Waals surface area contributed by atoms with Gasteiger partial charge in [0.25, 0.3) is 0 Å². The lowest BCUT2D eigenvalue weighted by molar-refractivity contribution is 0.104. The Morgan fingerprint density at radius 1 is 1.06 bits per heavy atom. The molecule has 0 fully saturated rings. The Labute approximate surface area is 105 Å². The maximum Gasteiger partial charge on any atom is 0.187 e. The van der Waals surface area contributed by atoms with E-state index in [0.717, 1.165) is 5.56 Å². The summed E-state index contributed by atoms with van der Waals surface area (Å²) in [6, 6.07) is 12.8. The molecular weight excluding hydrogens is 229 g/mol. The van der Waals surface area contributed by atoms with Crippen LogP contribution in [-0.2, 0) is 0 Å². The summed E-state index contributed by atoms with van der Waals surface area (Å²) in [5, 5.41) is 0. The van der Waals surface area contributed by atoms with Crippen molar-refractivity contribution in [1.29, 1.82) is 0 Å². The second kappa shape index (κ2) is 5.27. The molecule has 2 aromatic rings. The van der Waals surface area contributed by atoms with Crippen molar-refractivity contribution in [3.8, 4) is 0 Å². The molecular formula is C15H12FNO. The van der Waals surface area contributed by atoms with Crippen LogP contribution < -0.4 is 5.73 Å². The van der Waals surface area contributed by atoms with Crippen LogP contribution in [0.2, 0.25) is 0 Å². The topological polar surface area (TPSA) is 43.1 Å². The Bertz CT molecular complexity index is 588. The van der Waals surface area contributed by atoms with E-state index in [9.17, 15) is 9.18 Å². The number of rotatable bonds is 3. The van der Waals surface area contributed by atoms with Gasteiger partial charge in [-0.1, -0.05) is 30.3 Å². The van der Waals surface area contributed by atoms with Crippen molar-refractivity contribution in [2.24, 2.45) is 0 Å². The fourth-order valence-electron chi connectivity index (χ4n) is 1.56. The average Bonchev–Trinajstić information content (AvgIpc) is 2.38. The van der Waals surface area contributed by atoms with Gasteiger partial charge in [-0.2, -0.15) is 0 Å². The lowest BCUT2D eigenvalue weighted by Crippen LogP contribution is -1.99. The van der Waals surface area contributed by atoms with Gasteiger partial charge < -0.3 is 5.73 Å². The highest BCUT2D eigenvalue weighted by atomic mass is 19.1. The van der Waals surface area contributed by atoms with Crippen molar-refractivity contribution in [2.75, 3.05) is 5.73 Å². The molecule has 2 aromatic carbocycles. The SMILES string of the molecule is Nc1ccccc1C(=O)/C=C/c1ccc(F)cc1. The zero-order valence-corrected chi connectivity index (χ0v) is 9.64. The Morgan fingerprint density at radius 3 is 2.39 bits per heavy atom. The summed E-state index contributed by atoms with van der Waals surface area (Å²) in [4.78, 5) is 11.9. The summed E-state index contributed by atoms with van der Waals surface area (Å²) >= 11 is 0. The van der Waals surface area contributed by atoms with E-state index in [4.69, 9.17) is 5.73 Å². The van der Waals surface area contributed by atoms with Gasteiger partial charge in [-0.25, -0.2) is 4.39 Å². The van der Waals surface area contributed by atoms with Crippen molar-refractivity contribution < 1.29 is 9.18 Å². The fourth-order valence-corrected chi connectivity index (χ4v) is 1.56. The summed E-state index contributed by atoms with van der Waals surface area (Å²) in [6.45, 7) is 0. The Balaban J connectivity index is 2.17. The lowest BCUT2D eigenvalue weighted by atomic mass is 10.1. The molecule has 2 N–H and O–H groups in total. The first-order valence-electron chi connectivity index (χ1n) is 5.49. The average molecular weight is 241 g/mol. The molecule has 0 heterocycles. The molecule has 18 heavy (non-hydrogen) atoms. The van der Waals surface area contributed by atoms with E-state index < -0.39 is 0 Å². The molecule has 0 aromatic heterocycles. The Kier molecular flexibility index (Phi) is 3.53. The minimum absolute atomic E-state index is 0.169. The zero-order valence-electron chi connectivity index (χ0n) is 9.64. The van der Waals surface area contributed by atoms with Gasteiger partial charge in [0.15, 0.2) is 5.78 Å². The number of nitrogen functional groups attached to an aromatic ring is 1. The van der Waals surface area contributed by atoms with Crippen LogP contribution in [-0.4, -0.2) is 5.78 Å². The van der Waals surface area contributed by atoms with Crippen LogP contribution in [0.15, 0.2) is 54.6 Å². The summed E-state index contributed by atoms with van der Waals surface area (Å²) in [5.41, 5.74) is 7.39. The predicted octanol–water partition coefficient (Wildman–Crippen LogP) is 3.30. The number of hydrogen-bond donors (Lipinski definition) is 1. The predicted molar refractivity (Wildman–Crippen MR) is 70.6 cm³/mol. The number of halogens is 1. The molecule has 0 aliphatic rings. The first kappa shape index (κ1) is 12.0. The first-order valence-corrected chi connectivity index (χ1v) is 5.49. The van der Waals surface area contributed by atoms with E-state index in [1.807, 2.05) is 0 Å². The second-order valence-electron chi connectivity index (χ2n) is 3.84. The van der Waals surface area contributed by atoms with Crippen molar-refractivity contribution in [2.45, 2.75) is 0 Å². The molecule has 0 aliphatic carbocycles. The van der Waals surface area contributed by atoms with Gasteiger partial charge in [0, 0.05) is 11.3 Å². The molecule has 0 unspecified atom stereocenters. The highest BCUT2D eigenvalue weighted by Gasteiger charge is 2.04. The van der Waals surface area contributed by atoms with Crippen LogP contribution in [0.4, 0.5) is 10.1 Å². The highest BCUT2D eigenvalue weighted by molar-refractivity contribution is 6.10. The molecule has 0 aliphatic heterocycles. The molecule has 90 valence electrons. The number of carbonyl (C=O) groups excluding carboxylic acids is 1. The molecule has 0 radical (unpaired) electrons. The molecule has 2 rings (SSSR count). The molecule has 0 saturated heterocycles. The quantitative estimate of drug-likeness (QED) is 0.509. The molecule has 0 spiro atoms. The van der Waals surface area contributed by atoms with Crippen LogP contribution in [0, 0.1) is 5.82 Å². The van der Waals surface area contributed by atoms with Gasteiger partial charge in [-0.3, -0.25) is 4.79 Å². The Morgan fingerprint density at radius 2 is 1.72 bits per heavy atom. The molecule has 2 nitrogen and oxygen atoms in total. The maximum atomic E-state index is 12.7. The minimum Gasteiger partial charge on any atom is -0.398 e. The van der Waals surface area contributed by atoms with Gasteiger partial charge in [-0.15, -0.1) is 0 Å². The molecule has 0 bridgehead atoms. The first-order chi connectivity index (χ1) is 8.66. The standard InChI is InChI=1S/C15H12FNO/c16-12-8-5-11(6-9-12)7-10-15(18)13-3-1-2-4-14(13)17/h1-10H,17H2/b10-7+. The van der Waals surface area contributed by atoms with Gasteiger partial charge >= 0.3 is 0 Å². The van der Waals surface area contributed by atoms with Gasteiger partial charge in [0.1, 0.15) is 5.82 Å². The maximum absolute atomic E-state index is 12.7. The van der Waals surface area contributed by atoms with E-state index in [1.54, 1.807) is 42.5 Å². The van der Waals surface area contributed by atoms with Crippen molar-refractivity contribution in [3.05, 3.63) is 71.6 Å². The van der Waals surface area contributed by atoms with E-state index in [2.05, 4.69) is 0 Å². The van der Waals surface area contributed by atoms with Crippen LogP contribution in [0.1, 0.15) is 15.9 Å². The summed E-state index contributed by atoms with van der Waals surface area (Å²) < 4.78 is 12.7. The molecule has 0 saturated carbocycles. The van der Waals surface area contributed by atoms with Crippen molar-refractivity contribution >= 4 is 17.5 Å². The monoisotopic (exact) mass is 241 g/mol. The van der Waals surface area contributed by atoms with Gasteiger partial charge in [0.2, 0.25) is 0 Å². The minimum atomic E-state index is -0.300. The lowest BCUT2D eigenvalue weighted by Gasteiger charge is -2.00. The molecule has 3 heteroatoms. The molecule has 0 amide bonds. The largest absolute Gasteiger partial charge is 0.398 e. The Hall–Kier alpha value is -2.42. The van der Waals surface area contributed by atoms with Gasteiger partial charge in [0.05, 0.1) is 0 Å². The number of hydrogen-bond acceptors (Lipinski definition) is 2. The second-order valence-corrected chi connectivity index (χ2v) is 3.84. The van der Waals surface area contributed by atoms with E-state index in [0.29, 0.717) is 11.3 Å². The summed E-state index contributed by atoms with van der Waals surface area (Å²) in [6.07, 6.45) is 3.06. The third-order valence-electron chi connectivity index (χ3n) is 2.52.